The van der Waals surface area contributed by atoms with Gasteiger partial charge in [-0.05, 0) is 6.07 Å². The molecule has 26 heavy (non-hydrogen) atoms. The van der Waals surface area contributed by atoms with E-state index in [0.717, 1.165) is 11.9 Å². The van der Waals surface area contributed by atoms with Crippen LogP contribution in [0.2, 0.25) is 0 Å². The molecule has 0 aromatic carbocycles. The van der Waals surface area contributed by atoms with Crippen molar-refractivity contribution in [3.05, 3.63) is 42.6 Å². The molecule has 0 radical (unpaired) electrons. The minimum atomic E-state index is -2.94. The Morgan fingerprint density at radius 2 is 2.23 bits per heavy atom. The lowest BCUT2D eigenvalue weighted by Crippen LogP contribution is -2.27. The molecule has 136 valence electrons. The van der Waals surface area contributed by atoms with Gasteiger partial charge < -0.3 is 21.4 Å². The quantitative estimate of drug-likeness (QED) is 0.566. The fourth-order valence-electron chi connectivity index (χ4n) is 2.22. The van der Waals surface area contributed by atoms with Crippen molar-refractivity contribution in [2.75, 3.05) is 10.6 Å². The Kier molecular flexibility index (Phi) is 4.65. The Bertz CT molecular complexity index is 862. The Balaban J connectivity index is 1.62. The topological polar surface area (TPSA) is 108 Å². The lowest BCUT2D eigenvalue weighted by Gasteiger charge is -2.08. The van der Waals surface area contributed by atoms with Gasteiger partial charge in [-0.25, -0.2) is 13.8 Å². The van der Waals surface area contributed by atoms with Crippen LogP contribution in [0.15, 0.2) is 42.6 Å². The molecule has 1 atom stereocenters. The molecular weight excluding hydrogens is 344 g/mol. The van der Waals surface area contributed by atoms with Crippen LogP contribution in [-0.2, 0) is 11.8 Å². The summed E-state index contributed by atoms with van der Waals surface area (Å²) in [4.78, 5) is 15.9. The van der Waals surface area contributed by atoms with Crippen molar-refractivity contribution >= 4 is 29.3 Å². The summed E-state index contributed by atoms with van der Waals surface area (Å²) in [6.07, 6.45) is 6.79. The SMILES string of the molecule is Cn1cc(Nc2cc(N/C=C(\C=N)NC(=O)C3CC3(F)F)ccn2)cn1. The van der Waals surface area contributed by atoms with E-state index in [-0.39, 0.29) is 5.70 Å². The largest absolute Gasteiger partial charge is 0.360 e. The molecule has 2 aromatic rings. The number of aryl methyl sites for hydroxylation is 1. The summed E-state index contributed by atoms with van der Waals surface area (Å²) in [6.45, 7) is 0. The number of halogens is 2. The lowest BCUT2D eigenvalue weighted by molar-refractivity contribution is -0.123. The average Bonchev–Trinajstić information content (AvgIpc) is 3.05. The van der Waals surface area contributed by atoms with Gasteiger partial charge in [-0.1, -0.05) is 0 Å². The van der Waals surface area contributed by atoms with Gasteiger partial charge in [0, 0.05) is 50.0 Å². The van der Waals surface area contributed by atoms with Gasteiger partial charge in [0.15, 0.2) is 0 Å². The normalized spacial score (nSPS) is 18.1. The third kappa shape index (κ3) is 4.21. The van der Waals surface area contributed by atoms with Crippen LogP contribution >= 0.6 is 0 Å². The highest BCUT2D eigenvalue weighted by molar-refractivity contribution is 5.90. The van der Waals surface area contributed by atoms with Crippen molar-refractivity contribution in [1.82, 2.24) is 20.1 Å². The second-order valence-electron chi connectivity index (χ2n) is 5.85. The van der Waals surface area contributed by atoms with E-state index in [1.165, 1.54) is 6.20 Å². The second-order valence-corrected chi connectivity index (χ2v) is 5.85. The molecule has 4 N–H and O–H groups in total. The monoisotopic (exact) mass is 361 g/mol. The van der Waals surface area contributed by atoms with Crippen molar-refractivity contribution < 1.29 is 13.6 Å². The molecular formula is C16H17F2N7O. The zero-order chi connectivity index (χ0) is 18.7. The zero-order valence-electron chi connectivity index (χ0n) is 13.8. The van der Waals surface area contributed by atoms with E-state index in [9.17, 15) is 13.6 Å². The molecule has 1 unspecified atom stereocenters. The Hall–Kier alpha value is -3.30. The fraction of sp³-hybridized carbons (Fsp3) is 0.250. The fourth-order valence-corrected chi connectivity index (χ4v) is 2.22. The van der Waals surface area contributed by atoms with Gasteiger partial charge in [-0.2, -0.15) is 5.10 Å². The van der Waals surface area contributed by atoms with Gasteiger partial charge in [0.1, 0.15) is 11.7 Å². The summed E-state index contributed by atoms with van der Waals surface area (Å²) >= 11 is 0. The number of carbonyl (C=O) groups is 1. The third-order valence-electron chi connectivity index (χ3n) is 3.70. The molecule has 0 bridgehead atoms. The first-order chi connectivity index (χ1) is 12.4. The number of amides is 1. The first kappa shape index (κ1) is 17.5. The number of rotatable bonds is 7. The van der Waals surface area contributed by atoms with Gasteiger partial charge in [0.25, 0.3) is 5.92 Å². The van der Waals surface area contributed by atoms with E-state index >= 15 is 0 Å². The van der Waals surface area contributed by atoms with E-state index in [0.29, 0.717) is 11.5 Å². The van der Waals surface area contributed by atoms with Crippen molar-refractivity contribution in [2.24, 2.45) is 13.0 Å². The summed E-state index contributed by atoms with van der Waals surface area (Å²) in [5, 5.41) is 19.6. The molecule has 2 heterocycles. The molecule has 3 rings (SSSR count). The first-order valence-electron chi connectivity index (χ1n) is 7.75. The maximum atomic E-state index is 12.9. The number of hydrogen-bond acceptors (Lipinski definition) is 6. The van der Waals surface area contributed by atoms with E-state index in [2.05, 4.69) is 26.0 Å². The number of anilines is 3. The molecule has 1 amide bonds. The van der Waals surface area contributed by atoms with Crippen LogP contribution in [0.5, 0.6) is 0 Å². The van der Waals surface area contributed by atoms with E-state index in [1.54, 1.807) is 42.5 Å². The molecule has 0 aliphatic heterocycles. The van der Waals surface area contributed by atoms with Crippen molar-refractivity contribution in [1.29, 1.82) is 5.41 Å². The van der Waals surface area contributed by atoms with E-state index in [4.69, 9.17) is 5.41 Å². The van der Waals surface area contributed by atoms with Crippen LogP contribution in [0.25, 0.3) is 0 Å². The highest BCUT2D eigenvalue weighted by Crippen LogP contribution is 2.48. The minimum absolute atomic E-state index is 0.0799. The summed E-state index contributed by atoms with van der Waals surface area (Å²) in [7, 11) is 1.80. The van der Waals surface area contributed by atoms with Crippen molar-refractivity contribution in [2.45, 2.75) is 12.3 Å². The molecule has 10 heteroatoms. The van der Waals surface area contributed by atoms with Crippen molar-refractivity contribution in [3.63, 3.8) is 0 Å². The summed E-state index contributed by atoms with van der Waals surface area (Å²) in [6, 6.07) is 3.39. The number of nitrogens with zero attached hydrogens (tertiary/aromatic N) is 3. The predicted octanol–water partition coefficient (Wildman–Crippen LogP) is 2.23. The molecule has 1 aliphatic carbocycles. The van der Waals surface area contributed by atoms with Crippen LogP contribution in [0.3, 0.4) is 0 Å². The van der Waals surface area contributed by atoms with E-state index < -0.39 is 24.2 Å². The summed E-state index contributed by atoms with van der Waals surface area (Å²) in [5.74, 6) is -4.49. The zero-order valence-corrected chi connectivity index (χ0v) is 13.8. The van der Waals surface area contributed by atoms with Crippen LogP contribution < -0.4 is 16.0 Å². The van der Waals surface area contributed by atoms with Crippen LogP contribution in [0, 0.1) is 11.3 Å². The van der Waals surface area contributed by atoms with Crippen LogP contribution in [0.1, 0.15) is 6.42 Å². The Labute approximate surface area is 147 Å². The van der Waals surface area contributed by atoms with Crippen molar-refractivity contribution in [3.8, 4) is 0 Å². The number of hydrogen-bond donors (Lipinski definition) is 4. The minimum Gasteiger partial charge on any atom is -0.360 e. The summed E-state index contributed by atoms with van der Waals surface area (Å²) < 4.78 is 27.5. The van der Waals surface area contributed by atoms with Gasteiger partial charge >= 0.3 is 0 Å². The van der Waals surface area contributed by atoms with Gasteiger partial charge in [0.2, 0.25) is 5.91 Å². The maximum Gasteiger partial charge on any atom is 0.260 e. The smallest absolute Gasteiger partial charge is 0.260 e. The Morgan fingerprint density at radius 1 is 1.46 bits per heavy atom. The van der Waals surface area contributed by atoms with E-state index in [1.807, 2.05) is 0 Å². The number of allylic oxidation sites excluding steroid dienone is 1. The maximum absolute atomic E-state index is 12.9. The number of alkyl halides is 2. The third-order valence-corrected chi connectivity index (χ3v) is 3.70. The molecule has 1 aliphatic rings. The highest BCUT2D eigenvalue weighted by Gasteiger charge is 2.61. The molecule has 2 aromatic heterocycles. The second kappa shape index (κ2) is 6.90. The molecule has 1 saturated carbocycles. The van der Waals surface area contributed by atoms with Gasteiger partial charge in [-0.15, -0.1) is 0 Å². The molecule has 0 spiro atoms. The first-order valence-corrected chi connectivity index (χ1v) is 7.75. The molecule has 0 saturated heterocycles. The summed E-state index contributed by atoms with van der Waals surface area (Å²) in [5.41, 5.74) is 1.48. The van der Waals surface area contributed by atoms with Gasteiger partial charge in [0.05, 0.1) is 17.6 Å². The highest BCUT2D eigenvalue weighted by atomic mass is 19.3. The number of pyridine rings is 1. The predicted molar refractivity (Wildman–Crippen MR) is 92.4 cm³/mol. The number of carbonyl (C=O) groups excluding carboxylic acids is 1. The average molecular weight is 361 g/mol. The van der Waals surface area contributed by atoms with Crippen LogP contribution in [0.4, 0.5) is 26.0 Å². The lowest BCUT2D eigenvalue weighted by atomic mass is 10.3. The standard InChI is InChI=1S/C16H17F2N7O/c1-25-9-12(8-22-25)23-14-4-10(2-3-20-14)21-7-11(6-19)24-15(26)13-5-16(13,17)18/h2-4,6-9,13,19H,5H2,1H3,(H,24,26)(H2,20,21,23)/b11-7+,19-6?. The number of aromatic nitrogens is 3. The number of nitrogens with one attached hydrogen (secondary N) is 4. The van der Waals surface area contributed by atoms with Gasteiger partial charge in [-0.3, -0.25) is 9.48 Å². The molecule has 1 fully saturated rings. The Morgan fingerprint density at radius 3 is 2.85 bits per heavy atom. The molecule has 8 nitrogen and oxygen atoms in total. The van der Waals surface area contributed by atoms with Crippen LogP contribution in [-0.4, -0.2) is 32.8 Å².